The molecule has 0 unspecified atom stereocenters. The molecular formula is C4H5F2N3. The average molecular weight is 133 g/mol. The Labute approximate surface area is 50.3 Å². The zero-order valence-corrected chi connectivity index (χ0v) is 4.46. The van der Waals surface area contributed by atoms with Crippen LogP contribution in [0.1, 0.15) is 0 Å². The number of nitrogens with zero attached hydrogens (tertiary/aromatic N) is 2. The van der Waals surface area contributed by atoms with E-state index in [1.165, 1.54) is 12.4 Å². The maximum atomic E-state index is 12.0. The fourth-order valence-corrected chi connectivity index (χ4v) is 0.486. The summed E-state index contributed by atoms with van der Waals surface area (Å²) in [5.41, 5.74) is 0.797. The summed E-state index contributed by atoms with van der Waals surface area (Å²) in [6, 6.07) is 3.15. The largest absolute Gasteiger partial charge is 0.227 e. The van der Waals surface area contributed by atoms with Gasteiger partial charge in [0.1, 0.15) is 0 Å². The van der Waals surface area contributed by atoms with Crippen molar-refractivity contribution >= 4 is 0 Å². The van der Waals surface area contributed by atoms with Crippen LogP contribution in [0.3, 0.4) is 0 Å². The van der Waals surface area contributed by atoms with Gasteiger partial charge >= 0.3 is 0 Å². The van der Waals surface area contributed by atoms with E-state index in [2.05, 4.69) is 0 Å². The molecule has 1 N–H and O–H groups in total. The van der Waals surface area contributed by atoms with E-state index in [4.69, 9.17) is 0 Å². The summed E-state index contributed by atoms with van der Waals surface area (Å²) in [5, 5.41) is -0.292. The van der Waals surface area contributed by atoms with Crippen molar-refractivity contribution in [1.82, 2.24) is 10.3 Å². The summed E-state index contributed by atoms with van der Waals surface area (Å²) in [7, 11) is 0. The molecule has 1 heterocycles. The number of nitrogens with one attached hydrogen (secondary N) is 1. The first-order valence-corrected chi connectivity index (χ1v) is 2.30. The van der Waals surface area contributed by atoms with Crippen LogP contribution in [-0.2, 0) is 0 Å². The van der Waals surface area contributed by atoms with Crippen LogP contribution in [0.5, 0.6) is 0 Å². The molecule has 0 aliphatic rings. The molecule has 5 heteroatoms. The van der Waals surface area contributed by atoms with Gasteiger partial charge in [-0.05, 0) is 23.1 Å². The number of halogens is 2. The Balaban J connectivity index is 2.65. The molecule has 0 fully saturated rings. The summed E-state index contributed by atoms with van der Waals surface area (Å²) >= 11 is 0. The lowest BCUT2D eigenvalue weighted by atomic mass is 10.7. The summed E-state index contributed by atoms with van der Waals surface area (Å²) in [5.74, 6) is 0. The van der Waals surface area contributed by atoms with E-state index in [1.54, 1.807) is 12.1 Å². The third-order valence-electron chi connectivity index (χ3n) is 0.861. The molecule has 0 spiro atoms. The van der Waals surface area contributed by atoms with Crippen LogP contribution in [0.2, 0.25) is 0 Å². The van der Waals surface area contributed by atoms with E-state index in [1.807, 2.05) is 0 Å². The molecule has 0 saturated heterocycles. The Kier molecular flexibility index (Phi) is 1.64. The van der Waals surface area contributed by atoms with Crippen molar-refractivity contribution in [1.29, 1.82) is 0 Å². The van der Waals surface area contributed by atoms with Crippen LogP contribution in [0, 0.1) is 0 Å². The second-order valence-electron chi connectivity index (χ2n) is 1.41. The third kappa shape index (κ3) is 1.17. The molecule has 0 radical (unpaired) electrons. The van der Waals surface area contributed by atoms with Gasteiger partial charge in [0, 0.05) is 12.4 Å². The summed E-state index contributed by atoms with van der Waals surface area (Å²) < 4.78 is 24.1. The Bertz CT molecular complexity index is 162. The van der Waals surface area contributed by atoms with Gasteiger partial charge in [-0.25, -0.2) is 4.68 Å². The van der Waals surface area contributed by atoms with Crippen molar-refractivity contribution in [2.75, 3.05) is 5.34 Å². The van der Waals surface area contributed by atoms with Crippen molar-refractivity contribution < 1.29 is 8.96 Å². The van der Waals surface area contributed by atoms with E-state index in [9.17, 15) is 8.96 Å². The number of hydrogen-bond acceptors (Lipinski definition) is 2. The van der Waals surface area contributed by atoms with E-state index >= 15 is 0 Å². The summed E-state index contributed by atoms with van der Waals surface area (Å²) in [4.78, 5) is 0. The molecule has 1 aromatic rings. The van der Waals surface area contributed by atoms with E-state index in [0.29, 0.717) is 0 Å². The van der Waals surface area contributed by atoms with Crippen LogP contribution in [-0.4, -0.2) is 4.68 Å². The Hall–Kier alpha value is -1.10. The Morgan fingerprint density at radius 2 is 1.89 bits per heavy atom. The molecule has 3 nitrogen and oxygen atoms in total. The molecule has 1 rings (SSSR count). The van der Waals surface area contributed by atoms with Gasteiger partial charge in [-0.2, -0.15) is 0 Å². The minimum Gasteiger partial charge on any atom is -0.227 e. The molecule has 1 aromatic heterocycles. The van der Waals surface area contributed by atoms with Gasteiger partial charge in [0.2, 0.25) is 0 Å². The molecule has 0 bridgehead atoms. The second kappa shape index (κ2) is 2.45. The van der Waals surface area contributed by atoms with Gasteiger partial charge in [0.05, 0.1) is 0 Å². The van der Waals surface area contributed by atoms with Crippen LogP contribution in [0.25, 0.3) is 0 Å². The van der Waals surface area contributed by atoms with Gasteiger partial charge < -0.3 is 0 Å². The minimum absolute atomic E-state index is 0.292. The SMILES string of the molecule is FNN(F)n1cccc1. The van der Waals surface area contributed by atoms with Crippen LogP contribution in [0.15, 0.2) is 24.5 Å². The molecule has 0 amide bonds. The fraction of sp³-hybridized carbons (Fsp3) is 0. The maximum absolute atomic E-state index is 12.0. The van der Waals surface area contributed by atoms with Crippen LogP contribution >= 0.6 is 0 Å². The van der Waals surface area contributed by atoms with Crippen molar-refractivity contribution in [2.24, 2.45) is 0 Å². The Morgan fingerprint density at radius 3 is 2.33 bits per heavy atom. The minimum atomic E-state index is -0.292. The first-order chi connectivity index (χ1) is 4.34. The molecule has 9 heavy (non-hydrogen) atoms. The number of aromatic nitrogens is 1. The smallest absolute Gasteiger partial charge is 0.0303 e. The lowest BCUT2D eigenvalue weighted by molar-refractivity contribution is 0.147. The van der Waals surface area contributed by atoms with E-state index < -0.39 is 0 Å². The van der Waals surface area contributed by atoms with Crippen LogP contribution in [0.4, 0.5) is 8.96 Å². The lowest BCUT2D eigenvalue weighted by Gasteiger charge is -2.07. The first-order valence-electron chi connectivity index (χ1n) is 2.30. The van der Waals surface area contributed by atoms with Crippen molar-refractivity contribution in [2.45, 2.75) is 0 Å². The summed E-state index contributed by atoms with van der Waals surface area (Å²) in [6.45, 7) is 0. The quantitative estimate of drug-likeness (QED) is 0.473. The predicted molar refractivity (Wildman–Crippen MR) is 28.0 cm³/mol. The van der Waals surface area contributed by atoms with Gasteiger partial charge in [0.15, 0.2) is 0 Å². The fourth-order valence-electron chi connectivity index (χ4n) is 0.486. The van der Waals surface area contributed by atoms with Crippen molar-refractivity contribution in [3.63, 3.8) is 0 Å². The molecule has 50 valence electrons. The van der Waals surface area contributed by atoms with Crippen LogP contribution < -0.4 is 11.0 Å². The molecule has 0 atom stereocenters. The summed E-state index contributed by atoms with van der Waals surface area (Å²) in [6.07, 6.45) is 2.71. The average Bonchev–Trinajstić information content (AvgIpc) is 2.37. The zero-order chi connectivity index (χ0) is 6.69. The number of hydrazine groups is 1. The molecule has 0 aromatic carbocycles. The van der Waals surface area contributed by atoms with Gasteiger partial charge in [-0.1, -0.05) is 4.48 Å². The number of hydrogen-bond donors (Lipinski definition) is 1. The van der Waals surface area contributed by atoms with Gasteiger partial charge in [-0.3, -0.25) is 0 Å². The highest BCUT2D eigenvalue weighted by molar-refractivity contribution is 4.91. The standard InChI is InChI=1S/C4H5F2N3/c5-7-9(6)8-3-1-2-4-8/h1-4,7H. The van der Waals surface area contributed by atoms with Crippen molar-refractivity contribution in [3.8, 4) is 0 Å². The zero-order valence-electron chi connectivity index (χ0n) is 4.46. The topological polar surface area (TPSA) is 20.2 Å². The van der Waals surface area contributed by atoms with Crippen molar-refractivity contribution in [3.05, 3.63) is 24.5 Å². The maximum Gasteiger partial charge on any atom is 0.0303 e. The second-order valence-corrected chi connectivity index (χ2v) is 1.41. The third-order valence-corrected chi connectivity index (χ3v) is 0.861. The normalized spacial score (nSPS) is 9.56. The monoisotopic (exact) mass is 133 g/mol. The number of rotatable bonds is 2. The first kappa shape index (κ1) is 6.03. The van der Waals surface area contributed by atoms with E-state index in [-0.39, 0.29) is 5.34 Å². The van der Waals surface area contributed by atoms with Gasteiger partial charge in [-0.15, -0.1) is 4.48 Å². The van der Waals surface area contributed by atoms with E-state index in [0.717, 1.165) is 10.3 Å². The van der Waals surface area contributed by atoms with Gasteiger partial charge in [0.25, 0.3) is 0 Å². The molecule has 0 aliphatic carbocycles. The highest BCUT2D eigenvalue weighted by atomic mass is 19.2. The molecule has 0 aliphatic heterocycles. The highest BCUT2D eigenvalue weighted by Gasteiger charge is 1.96. The highest BCUT2D eigenvalue weighted by Crippen LogP contribution is 1.89. The lowest BCUT2D eigenvalue weighted by Crippen LogP contribution is -2.32. The Morgan fingerprint density at radius 1 is 1.33 bits per heavy atom. The predicted octanol–water partition coefficient (Wildman–Crippen LogP) is 0.700. The molecular weight excluding hydrogens is 128 g/mol. The molecule has 0 saturated carbocycles.